The second-order valence-corrected chi connectivity index (χ2v) is 23.3. The molecule has 0 aromatic heterocycles. The third kappa shape index (κ3) is 18.6. The third-order valence-corrected chi connectivity index (χ3v) is 16.1. The number of ketones is 1. The van der Waals surface area contributed by atoms with Gasteiger partial charge in [0, 0.05) is 65.5 Å². The van der Waals surface area contributed by atoms with Crippen LogP contribution >= 0.6 is 0 Å². The molecule has 0 saturated carbocycles. The molecular weight excluding hydrogens is 1160 g/mol. The monoisotopic (exact) mass is 1240 g/mol. The van der Waals surface area contributed by atoms with Gasteiger partial charge in [0.15, 0.2) is 29.7 Å². The number of cyclic esters (lactones) is 2. The van der Waals surface area contributed by atoms with Crippen molar-refractivity contribution in [3.05, 3.63) is 155 Å². The number of hydrogen-bond donors (Lipinski definition) is 3. The van der Waals surface area contributed by atoms with Crippen molar-refractivity contribution in [1.82, 2.24) is 30.2 Å². The molecule has 2 heterocycles. The highest BCUT2D eigenvalue weighted by Crippen LogP contribution is 2.35. The summed E-state index contributed by atoms with van der Waals surface area (Å²) in [5, 5.41) is 15.8. The number of carbonyl (C=O) groups is 9. The summed E-state index contributed by atoms with van der Waals surface area (Å²) in [7, 11) is 7.26. The van der Waals surface area contributed by atoms with Crippen LogP contribution < -0.4 is 24.8 Å². The maximum atomic E-state index is 17.2. The molecule has 480 valence electrons. The summed E-state index contributed by atoms with van der Waals surface area (Å²) in [6, 6.07) is 28.1. The van der Waals surface area contributed by atoms with Crippen molar-refractivity contribution in [1.29, 1.82) is 0 Å². The minimum absolute atomic E-state index is 0.0177. The normalized spacial score (nSPS) is 21.2. The molecule has 2 bridgehead atoms. The number of halogens is 1. The molecule has 3 N–H and O–H groups in total. The number of ether oxygens (including phenoxy) is 5. The summed E-state index contributed by atoms with van der Waals surface area (Å²) in [5.41, 5.74) is 0.939. The number of Topliss-reactive ketones (excluding diaryl/α,β-unsaturated/α-hetero) is 1. The minimum atomic E-state index is -1.53. The van der Waals surface area contributed by atoms with Gasteiger partial charge in [-0.1, -0.05) is 91.0 Å². The molecule has 90 heavy (non-hydrogen) atoms. The van der Waals surface area contributed by atoms with Gasteiger partial charge in [-0.15, -0.1) is 0 Å². The lowest BCUT2D eigenvalue weighted by Crippen LogP contribution is -2.57. The van der Waals surface area contributed by atoms with Crippen molar-refractivity contribution in [3.63, 3.8) is 0 Å². The van der Waals surface area contributed by atoms with Gasteiger partial charge >= 0.3 is 11.9 Å². The molecule has 5 aromatic carbocycles. The van der Waals surface area contributed by atoms with Crippen LogP contribution in [0.25, 0.3) is 0 Å². The van der Waals surface area contributed by atoms with Gasteiger partial charge in [0.25, 0.3) is 11.8 Å². The van der Waals surface area contributed by atoms with Gasteiger partial charge in [0.1, 0.15) is 42.6 Å². The van der Waals surface area contributed by atoms with Crippen LogP contribution in [0.2, 0.25) is 0 Å². The predicted molar refractivity (Wildman–Crippen MR) is 329 cm³/mol. The number of amides is 6. The van der Waals surface area contributed by atoms with Crippen LogP contribution in [0.5, 0.6) is 23.0 Å². The number of carbonyl (C=O) groups excluding carboxylic acids is 9. The maximum absolute atomic E-state index is 17.2. The number of fused-ring (bicyclic) bond motifs is 3. The number of nitrogens with zero attached hydrogens (tertiary/aromatic N) is 4. The van der Waals surface area contributed by atoms with Crippen molar-refractivity contribution in [3.8, 4) is 23.0 Å². The van der Waals surface area contributed by atoms with Crippen LogP contribution in [0.3, 0.4) is 0 Å². The molecule has 5 aromatic rings. The van der Waals surface area contributed by atoms with Crippen molar-refractivity contribution in [2.24, 2.45) is 5.41 Å². The van der Waals surface area contributed by atoms with Crippen molar-refractivity contribution in [2.45, 2.75) is 115 Å². The summed E-state index contributed by atoms with van der Waals surface area (Å²) in [5.74, 6) is -7.41. The molecule has 5 atom stereocenters. The Labute approximate surface area is 524 Å². The van der Waals surface area contributed by atoms with Gasteiger partial charge in [-0.05, 0) is 111 Å². The van der Waals surface area contributed by atoms with Gasteiger partial charge in [-0.25, -0.2) is 9.18 Å². The molecule has 22 heteroatoms. The lowest BCUT2D eigenvalue weighted by molar-refractivity contribution is -0.165. The molecule has 1 fully saturated rings. The fourth-order valence-electron chi connectivity index (χ4n) is 10.8. The number of hydrogen-bond acceptors (Lipinski definition) is 15. The lowest BCUT2D eigenvalue weighted by atomic mass is 9.87. The quantitative estimate of drug-likeness (QED) is 0.0970. The van der Waals surface area contributed by atoms with E-state index in [2.05, 4.69) is 10.6 Å². The number of aryl methyl sites for hydroxylation is 1. The van der Waals surface area contributed by atoms with Gasteiger partial charge in [-0.3, -0.25) is 38.4 Å². The van der Waals surface area contributed by atoms with Crippen molar-refractivity contribution in [2.75, 3.05) is 68.2 Å². The molecule has 0 spiro atoms. The highest BCUT2D eigenvalue weighted by atomic mass is 19.1. The van der Waals surface area contributed by atoms with E-state index in [4.69, 9.17) is 23.7 Å². The van der Waals surface area contributed by atoms with E-state index in [1.165, 1.54) is 77.4 Å². The Kier molecular flexibility index (Phi) is 24.4. The SMILES string of the molecule is COc1ccc(CC[C@H]2OC(=O)[C@@H]3CCCCN3C(=O)C(=O)C(C)(C)COC(=O)CCCCN(C)C(=O)[C@@H](Cc3ccccc3)NC(=O)CN(C)C(=O)[C@@H](Cc3ccccc3)NC(=O)[C@H](Cc3ccc(O)cc3)N(C)C(=O)COc3cccc2c3F)cc1OC. The van der Waals surface area contributed by atoms with E-state index in [0.717, 1.165) is 20.3 Å². The summed E-state index contributed by atoms with van der Waals surface area (Å²) >= 11 is 0. The number of phenolic OH excluding ortho intramolecular Hbond substituents is 1. The Morgan fingerprint density at radius 3 is 1.92 bits per heavy atom. The fraction of sp³-hybridized carbons (Fsp3) is 0.426. The summed E-state index contributed by atoms with van der Waals surface area (Å²) in [6.07, 6.45) is 0.343. The van der Waals surface area contributed by atoms with Gasteiger partial charge in [-0.2, -0.15) is 0 Å². The summed E-state index contributed by atoms with van der Waals surface area (Å²) in [6.45, 7) is 1.29. The zero-order valence-corrected chi connectivity index (χ0v) is 52.1. The zero-order chi connectivity index (χ0) is 65.1. The van der Waals surface area contributed by atoms with E-state index in [9.17, 15) is 48.3 Å². The molecule has 21 nitrogen and oxygen atoms in total. The van der Waals surface area contributed by atoms with Crippen LogP contribution in [-0.2, 0) is 78.3 Å². The Hall–Kier alpha value is -9.34. The minimum Gasteiger partial charge on any atom is -0.508 e. The molecule has 2 aliphatic rings. The highest BCUT2D eigenvalue weighted by molar-refractivity contribution is 6.38. The molecule has 0 aliphatic carbocycles. The molecule has 7 rings (SSSR count). The van der Waals surface area contributed by atoms with E-state index in [-0.39, 0.29) is 75.8 Å². The second kappa shape index (κ2) is 32.2. The Morgan fingerprint density at radius 2 is 1.27 bits per heavy atom. The topological polar surface area (TPSA) is 257 Å². The third-order valence-electron chi connectivity index (χ3n) is 16.1. The number of piperidine rings is 1. The predicted octanol–water partition coefficient (Wildman–Crippen LogP) is 6.29. The second-order valence-electron chi connectivity index (χ2n) is 23.3. The van der Waals surface area contributed by atoms with Gasteiger partial charge in [0.05, 0.1) is 26.2 Å². The van der Waals surface area contributed by atoms with Crippen LogP contribution in [-0.4, -0.2) is 170 Å². The van der Waals surface area contributed by atoms with Crippen LogP contribution in [0.15, 0.2) is 121 Å². The van der Waals surface area contributed by atoms with Crippen LogP contribution in [0.1, 0.15) is 92.7 Å². The number of methoxy groups -OCH3 is 2. The lowest BCUT2D eigenvalue weighted by Gasteiger charge is -2.36. The fourth-order valence-corrected chi connectivity index (χ4v) is 10.8. The van der Waals surface area contributed by atoms with E-state index < -0.39 is 120 Å². The first kappa shape index (κ1) is 68.2. The van der Waals surface area contributed by atoms with E-state index in [1.54, 1.807) is 92.0 Å². The van der Waals surface area contributed by atoms with Crippen molar-refractivity contribution >= 4 is 53.2 Å². The van der Waals surface area contributed by atoms with Crippen molar-refractivity contribution < 1.29 is 76.3 Å². The Bertz CT molecular complexity index is 3330. The average Bonchev–Trinajstić information content (AvgIpc) is 2.26. The Balaban J connectivity index is 1.22. The summed E-state index contributed by atoms with van der Waals surface area (Å²) in [4.78, 5) is 133. The highest BCUT2D eigenvalue weighted by Gasteiger charge is 2.43. The van der Waals surface area contributed by atoms with Gasteiger partial charge < -0.3 is 59.0 Å². The van der Waals surface area contributed by atoms with Crippen LogP contribution in [0, 0.1) is 11.2 Å². The molecule has 0 unspecified atom stereocenters. The molecule has 1 saturated heterocycles. The van der Waals surface area contributed by atoms with E-state index in [0.29, 0.717) is 47.5 Å². The first-order chi connectivity index (χ1) is 43.1. The number of aromatic hydroxyl groups is 1. The standard InChI is InChI=1S/C68H81FN6O15/c1-68(2)43-89-60(79)26-15-16-35-72(3)64(82)50(37-44-19-10-8-11-20-44)70-58(77)41-73(4)65(83)51(38-45-21-12-9-13-22-45)71-63(81)53(39-46-27-31-48(76)32-28-46)74(5)59(78)42-88-56-25-18-23-49(61(56)69)54(33-29-47-30-34-55(86-6)57(40-47)87-7)90-67(85)52-24-14-17-36-75(52)66(84)62(68)80/h8-13,18-23,25,27-28,30-32,34,40,50-54,76H,14-17,24,26,29,33,35-39,41-43H2,1-7H3,(H,70,77)(H,71,81)/t50-,51-,52+,53+,54-/m1/s1. The van der Waals surface area contributed by atoms with E-state index >= 15 is 4.39 Å². The number of nitrogens with one attached hydrogen (secondary N) is 2. The molecule has 2 aliphatic heterocycles. The molecular formula is C68H81FN6O15. The first-order valence-corrected chi connectivity index (χ1v) is 30.1. The number of likely N-dealkylation sites (N-methyl/N-ethyl adjacent to an activating group) is 3. The van der Waals surface area contributed by atoms with E-state index in [1.807, 2.05) is 6.07 Å². The largest absolute Gasteiger partial charge is 0.508 e. The molecule has 0 radical (unpaired) electrons. The smallest absolute Gasteiger partial charge is 0.329 e. The van der Waals surface area contributed by atoms with Crippen LogP contribution in [0.4, 0.5) is 4.39 Å². The number of rotatable bonds is 11. The summed E-state index contributed by atoms with van der Waals surface area (Å²) < 4.78 is 45.8. The average molecular weight is 1240 g/mol. The number of phenols is 1. The zero-order valence-electron chi connectivity index (χ0n) is 52.1. The number of esters is 2. The Morgan fingerprint density at radius 1 is 0.656 bits per heavy atom. The van der Waals surface area contributed by atoms with Gasteiger partial charge in [0.2, 0.25) is 29.4 Å². The number of benzene rings is 5. The molecule has 6 amide bonds. The first-order valence-electron chi connectivity index (χ1n) is 30.1. The maximum Gasteiger partial charge on any atom is 0.329 e.